The van der Waals surface area contributed by atoms with Crippen LogP contribution in [-0.4, -0.2) is 36.9 Å². The molecule has 0 fully saturated rings. The van der Waals surface area contributed by atoms with Gasteiger partial charge in [-0.05, 0) is 62.7 Å². The van der Waals surface area contributed by atoms with Gasteiger partial charge in [0.15, 0.2) is 0 Å². The maximum atomic E-state index is 13.1. The summed E-state index contributed by atoms with van der Waals surface area (Å²) in [5.74, 6) is -0.888. The van der Waals surface area contributed by atoms with E-state index in [1.807, 2.05) is 32.9 Å². The predicted octanol–water partition coefficient (Wildman–Crippen LogP) is 3.19. The van der Waals surface area contributed by atoms with E-state index in [0.717, 1.165) is 5.56 Å². The van der Waals surface area contributed by atoms with E-state index in [0.29, 0.717) is 5.69 Å². The van der Waals surface area contributed by atoms with Gasteiger partial charge in [-0.15, -0.1) is 0 Å². The molecule has 1 atom stereocenters. The third kappa shape index (κ3) is 6.49. The second-order valence-electron chi connectivity index (χ2n) is 6.86. The first kappa shape index (κ1) is 20.6. The second kappa shape index (κ2) is 9.28. The average Bonchev–Trinajstić information content (AvgIpc) is 2.56. The topological polar surface area (TPSA) is 61.4 Å². The summed E-state index contributed by atoms with van der Waals surface area (Å²) in [5, 5.41) is 5.55. The van der Waals surface area contributed by atoms with Crippen LogP contribution in [0.5, 0.6) is 0 Å². The Morgan fingerprint density at radius 3 is 2.41 bits per heavy atom. The third-order valence-electron chi connectivity index (χ3n) is 4.34. The summed E-state index contributed by atoms with van der Waals surface area (Å²) >= 11 is 0. The number of carbonyl (C=O) groups excluding carboxylic acids is 2. The number of aryl methyl sites for hydroxylation is 2. The van der Waals surface area contributed by atoms with E-state index in [1.165, 1.54) is 29.3 Å². The third-order valence-corrected chi connectivity index (χ3v) is 4.34. The lowest BCUT2D eigenvalue weighted by Gasteiger charge is -2.19. The molecule has 2 aromatic carbocycles. The number of hydrogen-bond acceptors (Lipinski definition) is 3. The minimum atomic E-state index is -0.416. The fourth-order valence-electron chi connectivity index (χ4n) is 2.72. The number of carbonyl (C=O) groups is 2. The number of rotatable bonds is 7. The Balaban J connectivity index is 1.82. The van der Waals surface area contributed by atoms with Gasteiger partial charge in [0.2, 0.25) is 11.8 Å². The molecule has 0 radical (unpaired) electrons. The predicted molar refractivity (Wildman–Crippen MR) is 105 cm³/mol. The Kier molecular flexibility index (Phi) is 7.07. The summed E-state index contributed by atoms with van der Waals surface area (Å²) in [4.78, 5) is 25.9. The van der Waals surface area contributed by atoms with E-state index >= 15 is 0 Å². The smallest absolute Gasteiger partial charge is 0.238 e. The number of nitrogens with zero attached hydrogens (tertiary/aromatic N) is 1. The summed E-state index contributed by atoms with van der Waals surface area (Å²) in [6.07, 6.45) is 0. The maximum Gasteiger partial charge on any atom is 0.238 e. The maximum absolute atomic E-state index is 13.1. The number of benzene rings is 2. The molecule has 2 N–H and O–H groups in total. The lowest BCUT2D eigenvalue weighted by Crippen LogP contribution is -2.39. The molecule has 0 saturated heterocycles. The first-order valence-corrected chi connectivity index (χ1v) is 8.85. The molecule has 0 aromatic heterocycles. The molecule has 5 nitrogen and oxygen atoms in total. The lowest BCUT2D eigenvalue weighted by atomic mass is 10.0. The molecule has 0 aliphatic carbocycles. The minimum Gasteiger partial charge on any atom is -0.348 e. The van der Waals surface area contributed by atoms with Gasteiger partial charge in [0.05, 0.1) is 19.1 Å². The van der Waals surface area contributed by atoms with Crippen molar-refractivity contribution >= 4 is 17.5 Å². The SMILES string of the molecule is Cc1ccc([C@H](C)NC(=O)CN(C)CC(=O)Nc2cccc(F)c2)cc1C. The van der Waals surface area contributed by atoms with Crippen LogP contribution in [0.15, 0.2) is 42.5 Å². The monoisotopic (exact) mass is 371 g/mol. The zero-order chi connectivity index (χ0) is 20.0. The van der Waals surface area contributed by atoms with Crippen molar-refractivity contribution in [2.45, 2.75) is 26.8 Å². The molecule has 2 aromatic rings. The van der Waals surface area contributed by atoms with Gasteiger partial charge in [-0.25, -0.2) is 4.39 Å². The number of hydrogen-bond donors (Lipinski definition) is 2. The van der Waals surface area contributed by atoms with Crippen molar-refractivity contribution in [3.63, 3.8) is 0 Å². The van der Waals surface area contributed by atoms with E-state index < -0.39 is 5.82 Å². The van der Waals surface area contributed by atoms with Crippen molar-refractivity contribution in [3.8, 4) is 0 Å². The molecule has 0 spiro atoms. The van der Waals surface area contributed by atoms with Crippen LogP contribution in [0.4, 0.5) is 10.1 Å². The molecule has 6 heteroatoms. The Labute approximate surface area is 159 Å². The van der Waals surface area contributed by atoms with E-state index in [1.54, 1.807) is 18.0 Å². The molecule has 0 bridgehead atoms. The highest BCUT2D eigenvalue weighted by Crippen LogP contribution is 2.16. The van der Waals surface area contributed by atoms with Crippen LogP contribution in [0, 0.1) is 19.7 Å². The van der Waals surface area contributed by atoms with Gasteiger partial charge < -0.3 is 10.6 Å². The fraction of sp³-hybridized carbons (Fsp3) is 0.333. The first-order chi connectivity index (χ1) is 12.7. The average molecular weight is 371 g/mol. The first-order valence-electron chi connectivity index (χ1n) is 8.85. The zero-order valence-electron chi connectivity index (χ0n) is 16.2. The van der Waals surface area contributed by atoms with Crippen LogP contribution < -0.4 is 10.6 Å². The highest BCUT2D eigenvalue weighted by atomic mass is 19.1. The summed E-state index contributed by atoms with van der Waals surface area (Å²) < 4.78 is 13.1. The van der Waals surface area contributed by atoms with Gasteiger partial charge in [-0.2, -0.15) is 0 Å². The van der Waals surface area contributed by atoms with Crippen LogP contribution in [0.25, 0.3) is 0 Å². The Morgan fingerprint density at radius 1 is 1.04 bits per heavy atom. The van der Waals surface area contributed by atoms with Crippen LogP contribution >= 0.6 is 0 Å². The van der Waals surface area contributed by atoms with Crippen LogP contribution in [0.1, 0.15) is 29.7 Å². The second-order valence-corrected chi connectivity index (χ2v) is 6.86. The molecular formula is C21H26FN3O2. The normalized spacial score (nSPS) is 11.9. The quantitative estimate of drug-likeness (QED) is 0.786. The minimum absolute atomic E-state index is 0.0297. The summed E-state index contributed by atoms with van der Waals surface area (Å²) in [5.41, 5.74) is 3.82. The van der Waals surface area contributed by atoms with Crippen LogP contribution in [0.2, 0.25) is 0 Å². The van der Waals surface area contributed by atoms with Gasteiger partial charge in [-0.3, -0.25) is 14.5 Å². The standard InChI is InChI=1S/C21H26FN3O2/c1-14-8-9-17(10-15(14)2)16(3)23-20(26)12-25(4)13-21(27)24-19-7-5-6-18(22)11-19/h5-11,16H,12-13H2,1-4H3,(H,23,26)(H,24,27)/t16-/m0/s1. The van der Waals surface area contributed by atoms with Crippen LogP contribution in [0.3, 0.4) is 0 Å². The van der Waals surface area contributed by atoms with Crippen molar-refractivity contribution in [2.75, 3.05) is 25.5 Å². The Morgan fingerprint density at radius 2 is 1.74 bits per heavy atom. The molecule has 0 aliphatic heterocycles. The number of amides is 2. The van der Waals surface area contributed by atoms with E-state index in [9.17, 15) is 14.0 Å². The molecule has 2 amide bonds. The number of halogens is 1. The van der Waals surface area contributed by atoms with E-state index in [2.05, 4.69) is 16.7 Å². The van der Waals surface area contributed by atoms with E-state index in [-0.39, 0.29) is 30.9 Å². The Bertz CT molecular complexity index is 823. The van der Waals surface area contributed by atoms with E-state index in [4.69, 9.17) is 0 Å². The highest BCUT2D eigenvalue weighted by molar-refractivity contribution is 5.92. The van der Waals surface area contributed by atoms with Gasteiger partial charge in [0.25, 0.3) is 0 Å². The van der Waals surface area contributed by atoms with Crippen molar-refractivity contribution in [3.05, 3.63) is 65.0 Å². The molecule has 27 heavy (non-hydrogen) atoms. The summed E-state index contributed by atoms with van der Waals surface area (Å²) in [6.45, 7) is 6.14. The van der Waals surface area contributed by atoms with Crippen molar-refractivity contribution in [2.24, 2.45) is 0 Å². The van der Waals surface area contributed by atoms with Gasteiger partial charge >= 0.3 is 0 Å². The van der Waals surface area contributed by atoms with Crippen molar-refractivity contribution in [1.29, 1.82) is 0 Å². The number of nitrogens with one attached hydrogen (secondary N) is 2. The lowest BCUT2D eigenvalue weighted by molar-refractivity contribution is -0.123. The molecular weight excluding hydrogens is 345 g/mol. The highest BCUT2D eigenvalue weighted by Gasteiger charge is 2.14. The molecule has 0 unspecified atom stereocenters. The van der Waals surface area contributed by atoms with Crippen molar-refractivity contribution in [1.82, 2.24) is 10.2 Å². The molecule has 2 rings (SSSR count). The largest absolute Gasteiger partial charge is 0.348 e. The molecule has 144 valence electrons. The van der Waals surface area contributed by atoms with Gasteiger partial charge in [0.1, 0.15) is 5.82 Å². The Hall–Kier alpha value is -2.73. The molecule has 0 aliphatic rings. The zero-order valence-corrected chi connectivity index (χ0v) is 16.2. The van der Waals surface area contributed by atoms with Gasteiger partial charge in [-0.1, -0.05) is 24.3 Å². The number of anilines is 1. The van der Waals surface area contributed by atoms with Crippen molar-refractivity contribution < 1.29 is 14.0 Å². The molecule has 0 heterocycles. The summed E-state index contributed by atoms with van der Waals surface area (Å²) in [6, 6.07) is 11.7. The number of likely N-dealkylation sites (N-methyl/N-ethyl adjacent to an activating group) is 1. The fourth-order valence-corrected chi connectivity index (χ4v) is 2.72. The summed E-state index contributed by atoms with van der Waals surface area (Å²) in [7, 11) is 1.69. The molecule has 0 saturated carbocycles. The van der Waals surface area contributed by atoms with Gasteiger partial charge in [0, 0.05) is 5.69 Å². The van der Waals surface area contributed by atoms with Crippen LogP contribution in [-0.2, 0) is 9.59 Å².